The molecule has 0 aliphatic carbocycles. The van der Waals surface area contributed by atoms with Crippen molar-refractivity contribution >= 4 is 17.3 Å². The standard InChI is InChI=1S/C14H23N3O2/c1-9(2)8-16-14(18)10(3)17-12-5-11(15)6-13(7-12)19-4/h5-7,9-10,17H,8,15H2,1-4H3,(H,16,18). The quantitative estimate of drug-likeness (QED) is 0.686. The topological polar surface area (TPSA) is 76.4 Å². The van der Waals surface area contributed by atoms with Crippen LogP contribution in [-0.4, -0.2) is 25.6 Å². The van der Waals surface area contributed by atoms with Crippen LogP contribution in [0, 0.1) is 5.92 Å². The lowest BCUT2D eigenvalue weighted by Crippen LogP contribution is -2.39. The number of anilines is 2. The molecule has 0 aliphatic rings. The third-order valence-electron chi connectivity index (χ3n) is 2.63. The number of hydrogen-bond donors (Lipinski definition) is 3. The van der Waals surface area contributed by atoms with Crippen molar-refractivity contribution < 1.29 is 9.53 Å². The molecule has 1 aromatic rings. The van der Waals surface area contributed by atoms with Gasteiger partial charge in [-0.3, -0.25) is 4.79 Å². The minimum absolute atomic E-state index is 0.0323. The van der Waals surface area contributed by atoms with Gasteiger partial charge in [-0.15, -0.1) is 0 Å². The van der Waals surface area contributed by atoms with Gasteiger partial charge in [-0.25, -0.2) is 0 Å². The van der Waals surface area contributed by atoms with Crippen LogP contribution in [0.3, 0.4) is 0 Å². The number of carbonyl (C=O) groups excluding carboxylic acids is 1. The molecule has 1 unspecified atom stereocenters. The smallest absolute Gasteiger partial charge is 0.242 e. The summed E-state index contributed by atoms with van der Waals surface area (Å²) in [5.74, 6) is 1.07. The summed E-state index contributed by atoms with van der Waals surface area (Å²) >= 11 is 0. The van der Waals surface area contributed by atoms with Crippen LogP contribution in [0.2, 0.25) is 0 Å². The van der Waals surface area contributed by atoms with Crippen LogP contribution in [0.4, 0.5) is 11.4 Å². The molecule has 1 amide bonds. The molecule has 5 heteroatoms. The van der Waals surface area contributed by atoms with E-state index < -0.39 is 0 Å². The number of amides is 1. The van der Waals surface area contributed by atoms with Gasteiger partial charge in [0.05, 0.1) is 7.11 Å². The predicted octanol–water partition coefficient (Wildman–Crippen LogP) is 1.85. The van der Waals surface area contributed by atoms with E-state index in [1.54, 1.807) is 19.2 Å². The Kier molecular flexibility index (Phi) is 5.48. The average Bonchev–Trinajstić information content (AvgIpc) is 2.34. The van der Waals surface area contributed by atoms with E-state index in [1.807, 2.05) is 13.0 Å². The summed E-state index contributed by atoms with van der Waals surface area (Å²) in [5, 5.41) is 5.99. The van der Waals surface area contributed by atoms with Gasteiger partial charge in [-0.05, 0) is 18.9 Å². The number of nitrogens with one attached hydrogen (secondary N) is 2. The Hall–Kier alpha value is -1.91. The summed E-state index contributed by atoms with van der Waals surface area (Å²) in [6.07, 6.45) is 0. The second-order valence-electron chi connectivity index (χ2n) is 5.00. The summed E-state index contributed by atoms with van der Waals surface area (Å²) in [6, 6.07) is 4.98. The Balaban J connectivity index is 2.63. The molecule has 0 fully saturated rings. The van der Waals surface area contributed by atoms with Gasteiger partial charge >= 0.3 is 0 Å². The van der Waals surface area contributed by atoms with Crippen LogP contribution in [0.5, 0.6) is 5.75 Å². The van der Waals surface area contributed by atoms with Gasteiger partial charge in [0.25, 0.3) is 0 Å². The van der Waals surface area contributed by atoms with E-state index >= 15 is 0 Å². The second kappa shape index (κ2) is 6.87. The number of benzene rings is 1. The van der Waals surface area contributed by atoms with E-state index in [4.69, 9.17) is 10.5 Å². The first-order valence-electron chi connectivity index (χ1n) is 6.41. The SMILES string of the molecule is COc1cc(N)cc(NC(C)C(=O)NCC(C)C)c1. The highest BCUT2D eigenvalue weighted by atomic mass is 16.5. The molecule has 0 aliphatic heterocycles. The van der Waals surface area contributed by atoms with Gasteiger partial charge in [0.15, 0.2) is 0 Å². The Morgan fingerprint density at radius 2 is 2.00 bits per heavy atom. The van der Waals surface area contributed by atoms with Crippen molar-refractivity contribution in [3.8, 4) is 5.75 Å². The monoisotopic (exact) mass is 265 g/mol. The van der Waals surface area contributed by atoms with Crippen LogP contribution in [0.15, 0.2) is 18.2 Å². The lowest BCUT2D eigenvalue weighted by molar-refractivity contribution is -0.121. The van der Waals surface area contributed by atoms with E-state index in [-0.39, 0.29) is 11.9 Å². The van der Waals surface area contributed by atoms with E-state index in [2.05, 4.69) is 24.5 Å². The highest BCUT2D eigenvalue weighted by Crippen LogP contribution is 2.22. The largest absolute Gasteiger partial charge is 0.497 e. The van der Waals surface area contributed by atoms with Gasteiger partial charge in [0.1, 0.15) is 11.8 Å². The maximum atomic E-state index is 11.9. The minimum atomic E-state index is -0.328. The van der Waals surface area contributed by atoms with Crippen molar-refractivity contribution in [3.05, 3.63) is 18.2 Å². The molecule has 1 aromatic carbocycles. The van der Waals surface area contributed by atoms with Gasteiger partial charge in [0.2, 0.25) is 5.91 Å². The molecule has 0 heterocycles. The Bertz CT molecular complexity index is 433. The molecule has 0 radical (unpaired) electrons. The van der Waals surface area contributed by atoms with Gasteiger partial charge in [-0.1, -0.05) is 13.8 Å². The maximum absolute atomic E-state index is 11.9. The summed E-state index contributed by atoms with van der Waals surface area (Å²) < 4.78 is 5.14. The molecule has 106 valence electrons. The first-order valence-corrected chi connectivity index (χ1v) is 6.41. The van der Waals surface area contributed by atoms with Crippen LogP contribution in [-0.2, 0) is 4.79 Å². The van der Waals surface area contributed by atoms with E-state index in [1.165, 1.54) is 0 Å². The number of hydrogen-bond acceptors (Lipinski definition) is 4. The predicted molar refractivity (Wildman–Crippen MR) is 78.3 cm³/mol. The molecule has 1 atom stereocenters. The van der Waals surface area contributed by atoms with Gasteiger partial charge < -0.3 is 21.1 Å². The highest BCUT2D eigenvalue weighted by Gasteiger charge is 2.13. The lowest BCUT2D eigenvalue weighted by atomic mass is 10.2. The third kappa shape index (κ3) is 5.07. The Morgan fingerprint density at radius 1 is 1.32 bits per heavy atom. The average molecular weight is 265 g/mol. The lowest BCUT2D eigenvalue weighted by Gasteiger charge is -2.17. The number of nitrogen functional groups attached to an aromatic ring is 1. The summed E-state index contributed by atoms with van der Waals surface area (Å²) in [7, 11) is 1.58. The minimum Gasteiger partial charge on any atom is -0.497 e. The van der Waals surface area contributed by atoms with Crippen molar-refractivity contribution in [3.63, 3.8) is 0 Å². The Morgan fingerprint density at radius 3 is 2.58 bits per heavy atom. The molecule has 1 rings (SSSR count). The number of carbonyl (C=O) groups is 1. The zero-order valence-corrected chi connectivity index (χ0v) is 12.0. The molecule has 0 saturated carbocycles. The van der Waals surface area contributed by atoms with Crippen LogP contribution >= 0.6 is 0 Å². The van der Waals surface area contributed by atoms with Gasteiger partial charge in [-0.2, -0.15) is 0 Å². The molecule has 19 heavy (non-hydrogen) atoms. The highest BCUT2D eigenvalue weighted by molar-refractivity contribution is 5.84. The Labute approximate surface area is 114 Å². The molecular formula is C14H23N3O2. The first kappa shape index (κ1) is 15.1. The van der Waals surface area contributed by atoms with Crippen molar-refractivity contribution in [1.29, 1.82) is 0 Å². The number of methoxy groups -OCH3 is 1. The fourth-order valence-electron chi connectivity index (χ4n) is 1.60. The molecule has 4 N–H and O–H groups in total. The number of nitrogens with two attached hydrogens (primary N) is 1. The van der Waals surface area contributed by atoms with E-state index in [0.717, 1.165) is 5.69 Å². The van der Waals surface area contributed by atoms with Crippen LogP contribution in [0.25, 0.3) is 0 Å². The maximum Gasteiger partial charge on any atom is 0.242 e. The molecule has 5 nitrogen and oxygen atoms in total. The van der Waals surface area contributed by atoms with E-state index in [0.29, 0.717) is 23.9 Å². The summed E-state index contributed by atoms with van der Waals surface area (Å²) in [5.41, 5.74) is 7.13. The third-order valence-corrected chi connectivity index (χ3v) is 2.63. The zero-order chi connectivity index (χ0) is 14.4. The van der Waals surface area contributed by atoms with Crippen LogP contribution in [0.1, 0.15) is 20.8 Å². The molecule has 0 aromatic heterocycles. The van der Waals surface area contributed by atoms with Crippen molar-refractivity contribution in [1.82, 2.24) is 5.32 Å². The normalized spacial score (nSPS) is 12.1. The van der Waals surface area contributed by atoms with Crippen molar-refractivity contribution in [2.45, 2.75) is 26.8 Å². The van der Waals surface area contributed by atoms with E-state index in [9.17, 15) is 4.79 Å². The second-order valence-corrected chi connectivity index (χ2v) is 5.00. The fourth-order valence-corrected chi connectivity index (χ4v) is 1.60. The molecule has 0 spiro atoms. The van der Waals surface area contributed by atoms with Crippen molar-refractivity contribution in [2.75, 3.05) is 24.7 Å². The molecular weight excluding hydrogens is 242 g/mol. The number of rotatable bonds is 6. The summed E-state index contributed by atoms with van der Waals surface area (Å²) in [4.78, 5) is 11.9. The van der Waals surface area contributed by atoms with Gasteiger partial charge in [0, 0.05) is 30.1 Å². The summed E-state index contributed by atoms with van der Waals surface area (Å²) in [6.45, 7) is 6.60. The first-order chi connectivity index (χ1) is 8.92. The molecule has 0 saturated heterocycles. The molecule has 0 bridgehead atoms. The van der Waals surface area contributed by atoms with Crippen molar-refractivity contribution in [2.24, 2.45) is 5.92 Å². The fraction of sp³-hybridized carbons (Fsp3) is 0.500. The van der Waals surface area contributed by atoms with Crippen LogP contribution < -0.4 is 21.1 Å². The number of ether oxygens (including phenoxy) is 1. The zero-order valence-electron chi connectivity index (χ0n) is 12.0.